The van der Waals surface area contributed by atoms with E-state index < -0.39 is 11.8 Å². The molecule has 2 N–H and O–H groups in total. The van der Waals surface area contributed by atoms with Gasteiger partial charge in [0.05, 0.1) is 0 Å². The number of benzene rings is 1. The number of anilines is 1. The molecule has 0 atom stereocenters. The Morgan fingerprint density at radius 3 is 2.22 bits per heavy atom. The van der Waals surface area contributed by atoms with Gasteiger partial charge >= 0.3 is 11.8 Å². The van der Waals surface area contributed by atoms with Crippen molar-refractivity contribution >= 4 is 17.5 Å². The van der Waals surface area contributed by atoms with Gasteiger partial charge in [-0.05, 0) is 24.5 Å². The maximum Gasteiger partial charge on any atom is 0.313 e. The first-order valence-corrected chi connectivity index (χ1v) is 8.86. The van der Waals surface area contributed by atoms with E-state index in [4.69, 9.17) is 0 Å². The van der Waals surface area contributed by atoms with Crippen molar-refractivity contribution in [3.8, 4) is 0 Å². The molecule has 1 aromatic carbocycles. The van der Waals surface area contributed by atoms with Crippen LogP contribution in [0.15, 0.2) is 24.3 Å². The van der Waals surface area contributed by atoms with Crippen LogP contribution in [0.1, 0.15) is 64.4 Å². The highest BCUT2D eigenvalue weighted by molar-refractivity contribution is 6.39. The summed E-state index contributed by atoms with van der Waals surface area (Å²) in [7, 11) is 0. The minimum Gasteiger partial charge on any atom is -0.348 e. The van der Waals surface area contributed by atoms with Crippen molar-refractivity contribution in [1.82, 2.24) is 5.32 Å². The van der Waals surface area contributed by atoms with Crippen LogP contribution in [0.2, 0.25) is 0 Å². The molecule has 23 heavy (non-hydrogen) atoms. The van der Waals surface area contributed by atoms with Gasteiger partial charge in [-0.2, -0.15) is 0 Å². The molecule has 4 heteroatoms. The smallest absolute Gasteiger partial charge is 0.313 e. The number of aryl methyl sites for hydroxylation is 1. The van der Waals surface area contributed by atoms with Crippen molar-refractivity contribution in [2.45, 2.75) is 65.2 Å². The largest absolute Gasteiger partial charge is 0.348 e. The third-order valence-corrected chi connectivity index (χ3v) is 3.92. The van der Waals surface area contributed by atoms with Crippen molar-refractivity contribution in [3.05, 3.63) is 29.8 Å². The van der Waals surface area contributed by atoms with Crippen LogP contribution in [-0.2, 0) is 16.0 Å². The van der Waals surface area contributed by atoms with E-state index in [9.17, 15) is 9.59 Å². The molecule has 0 heterocycles. The van der Waals surface area contributed by atoms with Gasteiger partial charge in [0.2, 0.25) is 0 Å². The van der Waals surface area contributed by atoms with E-state index in [0.717, 1.165) is 24.8 Å². The lowest BCUT2D eigenvalue weighted by Crippen LogP contribution is -2.36. The summed E-state index contributed by atoms with van der Waals surface area (Å²) in [5.41, 5.74) is 1.74. The number of hydrogen-bond acceptors (Lipinski definition) is 2. The Morgan fingerprint density at radius 2 is 1.52 bits per heavy atom. The quantitative estimate of drug-likeness (QED) is 0.505. The van der Waals surface area contributed by atoms with Gasteiger partial charge in [-0.15, -0.1) is 0 Å². The molecule has 0 fully saturated rings. The lowest BCUT2D eigenvalue weighted by Gasteiger charge is -2.09. The molecule has 1 aromatic rings. The maximum atomic E-state index is 11.9. The number of hydrogen-bond donors (Lipinski definition) is 2. The van der Waals surface area contributed by atoms with E-state index in [1.54, 1.807) is 0 Å². The second kappa shape index (κ2) is 11.7. The summed E-state index contributed by atoms with van der Waals surface area (Å²) in [4.78, 5) is 23.7. The predicted molar refractivity (Wildman–Crippen MR) is 95.5 cm³/mol. The molecule has 0 saturated carbocycles. The lowest BCUT2D eigenvalue weighted by atomic mass is 10.1. The van der Waals surface area contributed by atoms with Crippen molar-refractivity contribution < 1.29 is 9.59 Å². The van der Waals surface area contributed by atoms with Crippen molar-refractivity contribution in [3.63, 3.8) is 0 Å². The number of amides is 2. The summed E-state index contributed by atoms with van der Waals surface area (Å²) in [6, 6.07) is 7.55. The summed E-state index contributed by atoms with van der Waals surface area (Å²) in [6.07, 6.45) is 9.16. The van der Waals surface area contributed by atoms with Gasteiger partial charge in [0.1, 0.15) is 0 Å². The number of para-hydroxylation sites is 1. The van der Waals surface area contributed by atoms with Crippen LogP contribution >= 0.6 is 0 Å². The molecule has 0 bridgehead atoms. The van der Waals surface area contributed by atoms with Crippen molar-refractivity contribution in [2.24, 2.45) is 0 Å². The van der Waals surface area contributed by atoms with E-state index in [1.165, 1.54) is 32.1 Å². The molecule has 0 saturated heterocycles. The Balaban J connectivity index is 2.20. The minimum absolute atomic E-state index is 0.554. The van der Waals surface area contributed by atoms with Crippen LogP contribution < -0.4 is 10.6 Å². The number of carbonyl (C=O) groups is 2. The topological polar surface area (TPSA) is 58.2 Å². The van der Waals surface area contributed by atoms with Gasteiger partial charge in [0, 0.05) is 12.2 Å². The molecular formula is C19H30N2O2. The molecule has 128 valence electrons. The van der Waals surface area contributed by atoms with Crippen LogP contribution in [0.3, 0.4) is 0 Å². The van der Waals surface area contributed by atoms with Gasteiger partial charge in [0.25, 0.3) is 0 Å². The van der Waals surface area contributed by atoms with E-state index in [2.05, 4.69) is 17.6 Å². The Kier molecular flexibility index (Phi) is 9.76. The number of unbranched alkanes of at least 4 members (excludes halogenated alkanes) is 6. The van der Waals surface area contributed by atoms with Crippen LogP contribution in [0.4, 0.5) is 5.69 Å². The normalized spacial score (nSPS) is 10.3. The van der Waals surface area contributed by atoms with E-state index in [-0.39, 0.29) is 0 Å². The molecule has 1 rings (SSSR count). The Labute approximate surface area is 140 Å². The summed E-state index contributed by atoms with van der Waals surface area (Å²) >= 11 is 0. The fourth-order valence-electron chi connectivity index (χ4n) is 2.49. The van der Waals surface area contributed by atoms with Crippen LogP contribution in [-0.4, -0.2) is 18.4 Å². The fourth-order valence-corrected chi connectivity index (χ4v) is 2.49. The molecule has 0 aliphatic heterocycles. The second-order valence-corrected chi connectivity index (χ2v) is 5.84. The average Bonchev–Trinajstić information content (AvgIpc) is 2.57. The van der Waals surface area contributed by atoms with Crippen LogP contribution in [0, 0.1) is 0 Å². The fraction of sp³-hybridized carbons (Fsp3) is 0.579. The van der Waals surface area contributed by atoms with Crippen molar-refractivity contribution in [1.29, 1.82) is 0 Å². The molecule has 0 aromatic heterocycles. The zero-order valence-corrected chi connectivity index (χ0v) is 14.5. The molecule has 0 aliphatic rings. The Bertz CT molecular complexity index is 486. The standard InChI is InChI=1S/C19H30N2O2/c1-3-5-6-7-8-9-12-15-20-18(22)19(23)21-17-14-11-10-13-16(17)4-2/h10-11,13-14H,3-9,12,15H2,1-2H3,(H,20,22)(H,21,23). The van der Waals surface area contributed by atoms with Crippen LogP contribution in [0.25, 0.3) is 0 Å². The number of nitrogens with one attached hydrogen (secondary N) is 2. The number of rotatable bonds is 10. The molecule has 0 aliphatic carbocycles. The third kappa shape index (κ3) is 7.82. The van der Waals surface area contributed by atoms with Gasteiger partial charge in [-0.1, -0.05) is 70.6 Å². The Hall–Kier alpha value is -1.84. The number of carbonyl (C=O) groups excluding carboxylic acids is 2. The first-order chi connectivity index (χ1) is 11.2. The van der Waals surface area contributed by atoms with Gasteiger partial charge in [0.15, 0.2) is 0 Å². The highest BCUT2D eigenvalue weighted by Crippen LogP contribution is 2.15. The summed E-state index contributed by atoms with van der Waals surface area (Å²) in [6.45, 7) is 4.79. The minimum atomic E-state index is -0.589. The highest BCUT2D eigenvalue weighted by Gasteiger charge is 2.14. The van der Waals surface area contributed by atoms with Gasteiger partial charge in [-0.25, -0.2) is 0 Å². The summed E-state index contributed by atoms with van der Waals surface area (Å²) in [5.74, 6) is -1.14. The first kappa shape index (κ1) is 19.2. The average molecular weight is 318 g/mol. The molecule has 0 radical (unpaired) electrons. The second-order valence-electron chi connectivity index (χ2n) is 5.84. The monoisotopic (exact) mass is 318 g/mol. The zero-order valence-electron chi connectivity index (χ0n) is 14.5. The van der Waals surface area contributed by atoms with Gasteiger partial charge in [-0.3, -0.25) is 9.59 Å². The molecule has 2 amide bonds. The lowest BCUT2D eigenvalue weighted by molar-refractivity contribution is -0.136. The summed E-state index contributed by atoms with van der Waals surface area (Å²) < 4.78 is 0. The summed E-state index contributed by atoms with van der Waals surface area (Å²) in [5, 5.41) is 5.38. The highest BCUT2D eigenvalue weighted by atomic mass is 16.2. The zero-order chi connectivity index (χ0) is 16.9. The predicted octanol–water partition coefficient (Wildman–Crippen LogP) is 4.05. The molecule has 0 spiro atoms. The van der Waals surface area contributed by atoms with Gasteiger partial charge < -0.3 is 10.6 Å². The Morgan fingerprint density at radius 1 is 0.870 bits per heavy atom. The SMILES string of the molecule is CCCCCCCCCNC(=O)C(=O)Nc1ccccc1CC. The molecule has 4 nitrogen and oxygen atoms in total. The first-order valence-electron chi connectivity index (χ1n) is 8.86. The third-order valence-electron chi connectivity index (χ3n) is 3.92. The van der Waals surface area contributed by atoms with Crippen LogP contribution in [0.5, 0.6) is 0 Å². The maximum absolute atomic E-state index is 11.9. The molecule has 0 unspecified atom stereocenters. The molecular weight excluding hydrogens is 288 g/mol. The van der Waals surface area contributed by atoms with E-state index in [0.29, 0.717) is 12.2 Å². The van der Waals surface area contributed by atoms with E-state index >= 15 is 0 Å². The van der Waals surface area contributed by atoms with Crippen molar-refractivity contribution in [2.75, 3.05) is 11.9 Å². The van der Waals surface area contributed by atoms with E-state index in [1.807, 2.05) is 31.2 Å².